The molecule has 2 heterocycles. The number of nitrogens with zero attached hydrogens (tertiary/aromatic N) is 2. The molecule has 1 fully saturated rings. The van der Waals surface area contributed by atoms with Gasteiger partial charge in [0.05, 0.1) is 5.92 Å². The van der Waals surface area contributed by atoms with Crippen molar-refractivity contribution in [3.8, 4) is 5.19 Å². The molecule has 0 aliphatic carbocycles. The zero-order valence-corrected chi connectivity index (χ0v) is 16.9. The molecule has 2 aromatic rings. The van der Waals surface area contributed by atoms with Crippen molar-refractivity contribution >= 4 is 34.9 Å². The fraction of sp³-hybridized carbons (Fsp3) is 0.353. The van der Waals surface area contributed by atoms with Crippen LogP contribution in [-0.2, 0) is 4.79 Å². The van der Waals surface area contributed by atoms with Crippen molar-refractivity contribution < 1.29 is 31.9 Å². The first-order chi connectivity index (χ1) is 14.1. The van der Waals surface area contributed by atoms with E-state index in [0.29, 0.717) is 11.3 Å². The van der Waals surface area contributed by atoms with Crippen LogP contribution < -0.4 is 15.8 Å². The molecule has 3 rings (SSSR count). The summed E-state index contributed by atoms with van der Waals surface area (Å²) in [4.78, 5) is 29.8. The van der Waals surface area contributed by atoms with Gasteiger partial charge in [-0.25, -0.2) is 18.6 Å². The van der Waals surface area contributed by atoms with Crippen LogP contribution in [0.1, 0.15) is 23.3 Å². The number of alkyl halides is 2. The van der Waals surface area contributed by atoms with Gasteiger partial charge < -0.3 is 20.7 Å². The molecule has 1 aromatic carbocycles. The molecular formula is C17H15ClF4N4O3S. The number of amides is 3. The van der Waals surface area contributed by atoms with Crippen LogP contribution in [0.25, 0.3) is 0 Å². The highest BCUT2D eigenvalue weighted by atomic mass is 35.5. The predicted octanol–water partition coefficient (Wildman–Crippen LogP) is 3.08. The molecule has 3 N–H and O–H groups in total. The number of nitrogens with two attached hydrogens (primary N) is 1. The van der Waals surface area contributed by atoms with Gasteiger partial charge in [-0.3, -0.25) is 4.79 Å². The maximum absolute atomic E-state index is 15.0. The van der Waals surface area contributed by atoms with Crippen molar-refractivity contribution in [2.75, 3.05) is 13.1 Å². The zero-order valence-electron chi connectivity index (χ0n) is 15.3. The van der Waals surface area contributed by atoms with Gasteiger partial charge in [0.25, 0.3) is 5.19 Å². The number of rotatable bonds is 5. The van der Waals surface area contributed by atoms with Crippen LogP contribution in [-0.4, -0.2) is 47.1 Å². The van der Waals surface area contributed by atoms with Gasteiger partial charge in [-0.15, -0.1) is 0 Å². The first-order valence-electron chi connectivity index (χ1n) is 8.46. The highest BCUT2D eigenvalue weighted by Crippen LogP contribution is 2.45. The summed E-state index contributed by atoms with van der Waals surface area (Å²) in [6, 6.07) is 0.991. The maximum atomic E-state index is 15.0. The smallest absolute Gasteiger partial charge is 0.389 e. The van der Waals surface area contributed by atoms with Crippen molar-refractivity contribution in [3.63, 3.8) is 0 Å². The molecular weight excluding hydrogens is 452 g/mol. The van der Waals surface area contributed by atoms with E-state index in [1.165, 1.54) is 6.92 Å². The average molecular weight is 467 g/mol. The van der Waals surface area contributed by atoms with E-state index in [1.54, 1.807) is 0 Å². The number of primary amides is 1. The van der Waals surface area contributed by atoms with Crippen LogP contribution in [0.3, 0.4) is 0 Å². The number of carbonyl (C=O) groups is 2. The lowest BCUT2D eigenvalue weighted by Gasteiger charge is -2.47. The summed E-state index contributed by atoms with van der Waals surface area (Å²) in [7, 11) is 0. The monoisotopic (exact) mass is 466 g/mol. The standard InChI is InChI=1S/C17H15ClF4N4O3S/c1-17(13(27)24-4-5-26(17)15(23)28)10(7-2-3-8(19)11(18)12(7)20)9-6-25-16(30-9)29-14(21)22/h2-3,6,10,14H,4-5H2,1H3,(H2,23,28)(H,24,27)/t10-,17?/m0/s1. The van der Waals surface area contributed by atoms with E-state index in [-0.39, 0.29) is 23.5 Å². The van der Waals surface area contributed by atoms with Gasteiger partial charge in [0, 0.05) is 29.7 Å². The highest BCUT2D eigenvalue weighted by molar-refractivity contribution is 7.13. The summed E-state index contributed by atoms with van der Waals surface area (Å²) in [6.45, 7) is -1.72. The van der Waals surface area contributed by atoms with Gasteiger partial charge in [0.2, 0.25) is 5.91 Å². The minimum absolute atomic E-state index is 0.00378. The van der Waals surface area contributed by atoms with Gasteiger partial charge in [-0.2, -0.15) is 8.78 Å². The average Bonchev–Trinajstić information content (AvgIpc) is 3.11. The minimum atomic E-state index is -3.16. The minimum Gasteiger partial charge on any atom is -0.408 e. The second-order valence-electron chi connectivity index (χ2n) is 6.50. The SMILES string of the molecule is CC1([C@H](c2cnc(OC(F)F)s2)c2ccc(F)c(Cl)c2F)C(=O)NCCN1C(N)=O. The van der Waals surface area contributed by atoms with Gasteiger partial charge in [-0.05, 0) is 13.0 Å². The molecule has 2 atom stereocenters. The van der Waals surface area contributed by atoms with Crippen molar-refractivity contribution in [1.82, 2.24) is 15.2 Å². The van der Waals surface area contributed by atoms with E-state index in [1.807, 2.05) is 0 Å². The zero-order chi connectivity index (χ0) is 22.2. The van der Waals surface area contributed by atoms with Crippen LogP contribution in [0.2, 0.25) is 5.02 Å². The third-order valence-electron chi connectivity index (χ3n) is 4.82. The van der Waals surface area contributed by atoms with Gasteiger partial charge in [-0.1, -0.05) is 29.0 Å². The number of benzene rings is 1. The second-order valence-corrected chi connectivity index (χ2v) is 7.90. The summed E-state index contributed by atoms with van der Waals surface area (Å²) >= 11 is 6.33. The quantitative estimate of drug-likeness (QED) is 0.522. The summed E-state index contributed by atoms with van der Waals surface area (Å²) in [5.74, 6) is -4.19. The van der Waals surface area contributed by atoms with Crippen molar-refractivity contribution in [3.05, 3.63) is 45.4 Å². The van der Waals surface area contributed by atoms with Crippen molar-refractivity contribution in [1.29, 1.82) is 0 Å². The van der Waals surface area contributed by atoms with E-state index >= 15 is 0 Å². The van der Waals surface area contributed by atoms with E-state index in [9.17, 15) is 27.2 Å². The molecule has 0 bridgehead atoms. The number of ether oxygens (including phenoxy) is 1. The summed E-state index contributed by atoms with van der Waals surface area (Å²) in [6.07, 6.45) is 1.11. The Balaban J connectivity index is 2.24. The molecule has 1 aliphatic rings. The molecule has 3 amide bonds. The second kappa shape index (κ2) is 8.26. The number of thiazole rings is 1. The Morgan fingerprint density at radius 1 is 1.43 bits per heavy atom. The molecule has 1 unspecified atom stereocenters. The number of carbonyl (C=O) groups excluding carboxylic acids is 2. The van der Waals surface area contributed by atoms with Crippen LogP contribution in [0, 0.1) is 11.6 Å². The maximum Gasteiger partial charge on any atom is 0.389 e. The fourth-order valence-corrected chi connectivity index (χ4v) is 4.65. The molecule has 1 saturated heterocycles. The third kappa shape index (κ3) is 3.76. The van der Waals surface area contributed by atoms with E-state index in [4.69, 9.17) is 17.3 Å². The Bertz CT molecular complexity index is 992. The van der Waals surface area contributed by atoms with Gasteiger partial charge in [0.1, 0.15) is 22.2 Å². The van der Waals surface area contributed by atoms with Crippen molar-refractivity contribution in [2.45, 2.75) is 25.0 Å². The van der Waals surface area contributed by atoms with Crippen LogP contribution in [0.15, 0.2) is 18.3 Å². The van der Waals surface area contributed by atoms with Crippen LogP contribution in [0.5, 0.6) is 5.19 Å². The van der Waals surface area contributed by atoms with Gasteiger partial charge in [0.15, 0.2) is 0 Å². The molecule has 0 spiro atoms. The Hall–Kier alpha value is -2.60. The Kier molecular flexibility index (Phi) is 6.09. The first-order valence-corrected chi connectivity index (χ1v) is 9.66. The number of hydrogen-bond donors (Lipinski definition) is 2. The number of hydrogen-bond acceptors (Lipinski definition) is 5. The molecule has 7 nitrogen and oxygen atoms in total. The molecule has 30 heavy (non-hydrogen) atoms. The Morgan fingerprint density at radius 2 is 2.13 bits per heavy atom. The number of nitrogens with one attached hydrogen (secondary N) is 1. The molecule has 1 aromatic heterocycles. The highest BCUT2D eigenvalue weighted by Gasteiger charge is 2.52. The van der Waals surface area contributed by atoms with Crippen LogP contribution >= 0.6 is 22.9 Å². The topological polar surface area (TPSA) is 97.6 Å². The third-order valence-corrected chi connectivity index (χ3v) is 6.12. The predicted molar refractivity (Wildman–Crippen MR) is 99.7 cm³/mol. The first kappa shape index (κ1) is 22.1. The molecule has 0 saturated carbocycles. The number of piperazine rings is 1. The normalized spacial score (nSPS) is 20.2. The Labute approximate surface area is 176 Å². The lowest BCUT2D eigenvalue weighted by Crippen LogP contribution is -2.68. The van der Waals surface area contributed by atoms with Gasteiger partial charge >= 0.3 is 12.6 Å². The number of urea groups is 1. The van der Waals surface area contributed by atoms with Crippen LogP contribution in [0.4, 0.5) is 22.4 Å². The molecule has 13 heteroatoms. The fourth-order valence-electron chi connectivity index (χ4n) is 3.47. The van der Waals surface area contributed by atoms with E-state index < -0.39 is 51.9 Å². The van der Waals surface area contributed by atoms with E-state index in [0.717, 1.165) is 23.2 Å². The largest absolute Gasteiger partial charge is 0.408 e. The summed E-state index contributed by atoms with van der Waals surface area (Å²) < 4.78 is 58.1. The summed E-state index contributed by atoms with van der Waals surface area (Å²) in [5.41, 5.74) is 3.40. The Morgan fingerprint density at radius 3 is 2.77 bits per heavy atom. The lowest BCUT2D eigenvalue weighted by atomic mass is 9.76. The molecule has 162 valence electrons. The van der Waals surface area contributed by atoms with E-state index in [2.05, 4.69) is 15.0 Å². The number of aromatic nitrogens is 1. The van der Waals surface area contributed by atoms with Crippen molar-refractivity contribution in [2.24, 2.45) is 5.73 Å². The lowest BCUT2D eigenvalue weighted by molar-refractivity contribution is -0.134. The number of halogens is 5. The molecule has 1 aliphatic heterocycles. The molecule has 0 radical (unpaired) electrons. The summed E-state index contributed by atoms with van der Waals surface area (Å²) in [5, 5.41) is 1.31.